The van der Waals surface area contributed by atoms with Gasteiger partial charge in [-0.05, 0) is 43.7 Å². The summed E-state index contributed by atoms with van der Waals surface area (Å²) in [5.41, 5.74) is 0.311. The number of nitrogens with zero attached hydrogens (tertiary/aromatic N) is 1. The predicted molar refractivity (Wildman–Crippen MR) is 66.6 cm³/mol. The molecule has 0 aliphatic heterocycles. The van der Waals surface area contributed by atoms with Gasteiger partial charge in [0.05, 0.1) is 5.60 Å². The molecule has 3 heteroatoms. The average Bonchev–Trinajstić information content (AvgIpc) is 2.66. The SMILES string of the molecule is Cc1ccc(C(C)(O)Cc2ccncc2)s1. The van der Waals surface area contributed by atoms with Crippen LogP contribution in [-0.4, -0.2) is 10.1 Å². The van der Waals surface area contributed by atoms with Crippen LogP contribution in [0.15, 0.2) is 36.7 Å². The van der Waals surface area contributed by atoms with Crippen molar-refractivity contribution in [3.8, 4) is 0 Å². The molecule has 0 fully saturated rings. The molecule has 2 rings (SSSR count). The molecule has 0 aromatic carbocycles. The second-order valence-corrected chi connectivity index (χ2v) is 5.50. The van der Waals surface area contributed by atoms with Crippen molar-refractivity contribution in [1.82, 2.24) is 4.98 Å². The molecule has 0 aliphatic rings. The van der Waals surface area contributed by atoms with Crippen molar-refractivity contribution in [3.05, 3.63) is 52.0 Å². The molecule has 0 saturated heterocycles. The summed E-state index contributed by atoms with van der Waals surface area (Å²) in [6.45, 7) is 3.91. The summed E-state index contributed by atoms with van der Waals surface area (Å²) >= 11 is 1.65. The highest BCUT2D eigenvalue weighted by Gasteiger charge is 2.24. The quantitative estimate of drug-likeness (QED) is 0.884. The Morgan fingerprint density at radius 2 is 1.94 bits per heavy atom. The van der Waals surface area contributed by atoms with E-state index < -0.39 is 5.60 Å². The second-order valence-electron chi connectivity index (χ2n) is 4.22. The van der Waals surface area contributed by atoms with Crippen molar-refractivity contribution in [2.45, 2.75) is 25.9 Å². The van der Waals surface area contributed by atoms with Crippen LogP contribution in [0.4, 0.5) is 0 Å². The van der Waals surface area contributed by atoms with Crippen LogP contribution in [0.5, 0.6) is 0 Å². The standard InChI is InChI=1S/C13H15NOS/c1-10-3-4-12(16-10)13(2,15)9-11-5-7-14-8-6-11/h3-8,15H,9H2,1-2H3. The number of aliphatic hydroxyl groups is 1. The van der Waals surface area contributed by atoms with Crippen LogP contribution < -0.4 is 0 Å². The molecule has 0 bridgehead atoms. The summed E-state index contributed by atoms with van der Waals surface area (Å²) in [7, 11) is 0. The highest BCUT2D eigenvalue weighted by molar-refractivity contribution is 7.12. The van der Waals surface area contributed by atoms with Crippen LogP contribution in [0.3, 0.4) is 0 Å². The number of thiophene rings is 1. The van der Waals surface area contributed by atoms with E-state index in [1.807, 2.05) is 31.2 Å². The van der Waals surface area contributed by atoms with Crippen LogP contribution in [0.1, 0.15) is 22.2 Å². The lowest BCUT2D eigenvalue weighted by Crippen LogP contribution is -2.22. The van der Waals surface area contributed by atoms with Crippen molar-refractivity contribution in [3.63, 3.8) is 0 Å². The average molecular weight is 233 g/mol. The molecule has 0 spiro atoms. The fraction of sp³-hybridized carbons (Fsp3) is 0.308. The maximum Gasteiger partial charge on any atom is 0.1000 e. The van der Waals surface area contributed by atoms with Crippen LogP contribution in [-0.2, 0) is 12.0 Å². The van der Waals surface area contributed by atoms with E-state index in [0.29, 0.717) is 6.42 Å². The van der Waals surface area contributed by atoms with Crippen LogP contribution in [0.2, 0.25) is 0 Å². The van der Waals surface area contributed by atoms with Gasteiger partial charge in [0.25, 0.3) is 0 Å². The highest BCUT2D eigenvalue weighted by atomic mass is 32.1. The van der Waals surface area contributed by atoms with E-state index in [1.165, 1.54) is 4.88 Å². The Kier molecular flexibility index (Phi) is 3.08. The van der Waals surface area contributed by atoms with E-state index in [-0.39, 0.29) is 0 Å². The number of hydrogen-bond acceptors (Lipinski definition) is 3. The summed E-state index contributed by atoms with van der Waals surface area (Å²) in [6, 6.07) is 7.92. The van der Waals surface area contributed by atoms with E-state index in [4.69, 9.17) is 0 Å². The molecule has 16 heavy (non-hydrogen) atoms. The molecule has 2 heterocycles. The fourth-order valence-electron chi connectivity index (χ4n) is 1.71. The summed E-state index contributed by atoms with van der Waals surface area (Å²) in [4.78, 5) is 6.22. The predicted octanol–water partition coefficient (Wildman–Crippen LogP) is 2.90. The zero-order chi connectivity index (χ0) is 11.6. The maximum atomic E-state index is 10.4. The van der Waals surface area contributed by atoms with Gasteiger partial charge in [-0.2, -0.15) is 0 Å². The third-order valence-electron chi connectivity index (χ3n) is 2.57. The van der Waals surface area contributed by atoms with Crippen molar-refractivity contribution in [2.24, 2.45) is 0 Å². The summed E-state index contributed by atoms with van der Waals surface area (Å²) < 4.78 is 0. The molecule has 2 aromatic rings. The smallest absolute Gasteiger partial charge is 0.1000 e. The molecule has 2 nitrogen and oxygen atoms in total. The normalized spacial score (nSPS) is 14.7. The molecule has 0 aliphatic carbocycles. The Labute approximate surface area is 99.6 Å². The van der Waals surface area contributed by atoms with Crippen molar-refractivity contribution >= 4 is 11.3 Å². The summed E-state index contributed by atoms with van der Waals surface area (Å²) in [5.74, 6) is 0. The molecule has 0 radical (unpaired) electrons. The number of aromatic nitrogens is 1. The van der Waals surface area contributed by atoms with Crippen LogP contribution in [0, 0.1) is 6.92 Å². The fourth-order valence-corrected chi connectivity index (χ4v) is 2.62. The Morgan fingerprint density at radius 1 is 1.25 bits per heavy atom. The largest absolute Gasteiger partial charge is 0.384 e. The molecular formula is C13H15NOS. The third kappa shape index (κ3) is 2.49. The van der Waals surface area contributed by atoms with E-state index in [9.17, 15) is 5.11 Å². The molecule has 0 amide bonds. The van der Waals surface area contributed by atoms with Crippen LogP contribution in [0.25, 0.3) is 0 Å². The topological polar surface area (TPSA) is 33.1 Å². The first-order valence-electron chi connectivity index (χ1n) is 5.26. The summed E-state index contributed by atoms with van der Waals surface area (Å²) in [5, 5.41) is 10.4. The lowest BCUT2D eigenvalue weighted by Gasteiger charge is -2.21. The van der Waals surface area contributed by atoms with E-state index >= 15 is 0 Å². The first-order valence-corrected chi connectivity index (χ1v) is 6.08. The van der Waals surface area contributed by atoms with E-state index in [2.05, 4.69) is 11.9 Å². The highest BCUT2D eigenvalue weighted by Crippen LogP contribution is 2.30. The van der Waals surface area contributed by atoms with Gasteiger partial charge in [0.15, 0.2) is 0 Å². The number of aryl methyl sites for hydroxylation is 1. The lowest BCUT2D eigenvalue weighted by molar-refractivity contribution is 0.0615. The molecule has 2 aromatic heterocycles. The number of rotatable bonds is 3. The van der Waals surface area contributed by atoms with Crippen molar-refractivity contribution < 1.29 is 5.11 Å². The molecule has 1 N–H and O–H groups in total. The Bertz CT molecular complexity index is 462. The summed E-state index contributed by atoms with van der Waals surface area (Å²) in [6.07, 6.45) is 4.13. The van der Waals surface area contributed by atoms with Gasteiger partial charge < -0.3 is 5.11 Å². The van der Waals surface area contributed by atoms with E-state index in [0.717, 1.165) is 10.4 Å². The van der Waals surface area contributed by atoms with Gasteiger partial charge in [0, 0.05) is 28.6 Å². The molecule has 1 atom stereocenters. The Morgan fingerprint density at radius 3 is 2.50 bits per heavy atom. The number of hydrogen-bond donors (Lipinski definition) is 1. The lowest BCUT2D eigenvalue weighted by atomic mass is 9.96. The van der Waals surface area contributed by atoms with Gasteiger partial charge in [-0.15, -0.1) is 11.3 Å². The maximum absolute atomic E-state index is 10.4. The Hall–Kier alpha value is -1.19. The van der Waals surface area contributed by atoms with Gasteiger partial charge in [0.1, 0.15) is 0 Å². The first-order chi connectivity index (χ1) is 7.58. The molecule has 84 valence electrons. The third-order valence-corrected chi connectivity index (χ3v) is 3.82. The monoisotopic (exact) mass is 233 g/mol. The van der Waals surface area contributed by atoms with Gasteiger partial charge in [0.2, 0.25) is 0 Å². The van der Waals surface area contributed by atoms with Crippen molar-refractivity contribution in [1.29, 1.82) is 0 Å². The number of pyridine rings is 1. The van der Waals surface area contributed by atoms with Crippen LogP contribution >= 0.6 is 11.3 Å². The zero-order valence-corrected chi connectivity index (χ0v) is 10.3. The van der Waals surface area contributed by atoms with Gasteiger partial charge >= 0.3 is 0 Å². The second kappa shape index (κ2) is 4.36. The first kappa shape index (κ1) is 11.3. The Balaban J connectivity index is 2.20. The minimum absolute atomic E-state index is 0.621. The molecule has 0 saturated carbocycles. The van der Waals surface area contributed by atoms with Gasteiger partial charge in [-0.3, -0.25) is 4.98 Å². The minimum Gasteiger partial charge on any atom is -0.384 e. The molecular weight excluding hydrogens is 218 g/mol. The van der Waals surface area contributed by atoms with Gasteiger partial charge in [-0.25, -0.2) is 0 Å². The van der Waals surface area contributed by atoms with Crippen molar-refractivity contribution in [2.75, 3.05) is 0 Å². The minimum atomic E-state index is -0.791. The van der Waals surface area contributed by atoms with E-state index in [1.54, 1.807) is 23.7 Å². The zero-order valence-electron chi connectivity index (χ0n) is 9.47. The van der Waals surface area contributed by atoms with Gasteiger partial charge in [-0.1, -0.05) is 0 Å². The molecule has 1 unspecified atom stereocenters.